The number of hydrogen-bond donors (Lipinski definition) is 1. The summed E-state index contributed by atoms with van der Waals surface area (Å²) in [5.74, 6) is 0. The lowest BCUT2D eigenvalue weighted by Crippen LogP contribution is -2.17. The van der Waals surface area contributed by atoms with Crippen LogP contribution in [0.2, 0.25) is 0 Å². The Morgan fingerprint density at radius 1 is 1.00 bits per heavy atom. The van der Waals surface area contributed by atoms with E-state index in [0.29, 0.717) is 4.77 Å². The van der Waals surface area contributed by atoms with E-state index in [1.807, 2.05) is 6.07 Å². The van der Waals surface area contributed by atoms with Crippen LogP contribution in [0.5, 0.6) is 0 Å². The molecule has 0 bridgehead atoms. The van der Waals surface area contributed by atoms with Gasteiger partial charge >= 0.3 is 0 Å². The number of benzene rings is 1. The highest BCUT2D eigenvalue weighted by Gasteiger charge is 2.12. The zero-order chi connectivity index (χ0) is 14.2. The SMILES string of the molecule is S=c1[nH]c2cnccc2n1-c1ccc(N2CCCC2)cc1. The minimum absolute atomic E-state index is 0.701. The van der Waals surface area contributed by atoms with E-state index in [1.54, 1.807) is 12.4 Å². The Morgan fingerprint density at radius 3 is 2.48 bits per heavy atom. The van der Waals surface area contributed by atoms with Crippen LogP contribution in [0, 0.1) is 4.77 Å². The molecule has 21 heavy (non-hydrogen) atoms. The van der Waals surface area contributed by atoms with E-state index in [-0.39, 0.29) is 0 Å². The fraction of sp³-hybridized carbons (Fsp3) is 0.250. The standard InChI is InChI=1S/C16H16N4S/c21-16-18-14-11-17-8-7-15(14)20(16)13-5-3-12(4-6-13)19-9-1-2-10-19/h3-8,11H,1-2,9-10H2,(H,18,21). The first-order chi connectivity index (χ1) is 10.3. The summed E-state index contributed by atoms with van der Waals surface area (Å²) in [6.45, 7) is 2.33. The van der Waals surface area contributed by atoms with Crippen molar-refractivity contribution in [2.24, 2.45) is 0 Å². The van der Waals surface area contributed by atoms with Crippen molar-refractivity contribution >= 4 is 28.9 Å². The summed E-state index contributed by atoms with van der Waals surface area (Å²) in [5, 5.41) is 0. The van der Waals surface area contributed by atoms with Crippen LogP contribution in [-0.2, 0) is 0 Å². The molecule has 1 aliphatic rings. The van der Waals surface area contributed by atoms with Gasteiger partial charge in [0.1, 0.15) is 0 Å². The largest absolute Gasteiger partial charge is 0.372 e. The quantitative estimate of drug-likeness (QED) is 0.733. The number of aromatic amines is 1. The summed E-state index contributed by atoms with van der Waals surface area (Å²) in [7, 11) is 0. The Bertz CT molecular complexity index is 825. The lowest BCUT2D eigenvalue weighted by molar-refractivity contribution is 0.949. The van der Waals surface area contributed by atoms with Crippen LogP contribution < -0.4 is 4.90 Å². The highest BCUT2D eigenvalue weighted by molar-refractivity contribution is 7.71. The first-order valence-electron chi connectivity index (χ1n) is 7.23. The Kier molecular flexibility index (Phi) is 3.00. The molecule has 3 aromatic rings. The van der Waals surface area contributed by atoms with Gasteiger partial charge in [-0.15, -0.1) is 0 Å². The van der Waals surface area contributed by atoms with E-state index in [4.69, 9.17) is 12.2 Å². The normalized spacial score (nSPS) is 15.0. The molecule has 0 unspecified atom stereocenters. The summed E-state index contributed by atoms with van der Waals surface area (Å²) < 4.78 is 2.76. The van der Waals surface area contributed by atoms with Gasteiger partial charge in [-0.3, -0.25) is 9.55 Å². The summed E-state index contributed by atoms with van der Waals surface area (Å²) >= 11 is 5.44. The van der Waals surface area contributed by atoms with Crippen molar-refractivity contribution < 1.29 is 0 Å². The fourth-order valence-corrected chi connectivity index (χ4v) is 3.32. The zero-order valence-corrected chi connectivity index (χ0v) is 12.4. The van der Waals surface area contributed by atoms with Gasteiger partial charge < -0.3 is 9.88 Å². The molecular weight excluding hydrogens is 280 g/mol. The van der Waals surface area contributed by atoms with Crippen LogP contribution in [0.15, 0.2) is 42.7 Å². The fourth-order valence-electron chi connectivity index (χ4n) is 3.00. The maximum Gasteiger partial charge on any atom is 0.182 e. The molecule has 0 saturated carbocycles. The maximum absolute atomic E-state index is 5.44. The van der Waals surface area contributed by atoms with Gasteiger partial charge in [0, 0.05) is 30.7 Å². The van der Waals surface area contributed by atoms with E-state index in [0.717, 1.165) is 29.8 Å². The number of pyridine rings is 1. The molecule has 3 heterocycles. The number of H-pyrrole nitrogens is 1. The van der Waals surface area contributed by atoms with Gasteiger partial charge in [-0.25, -0.2) is 0 Å². The molecular formula is C16H16N4S. The number of rotatable bonds is 2. The second-order valence-corrected chi connectivity index (χ2v) is 5.76. The van der Waals surface area contributed by atoms with Gasteiger partial charge in [0.25, 0.3) is 0 Å². The molecule has 1 aromatic carbocycles. The summed E-state index contributed by atoms with van der Waals surface area (Å²) in [6, 6.07) is 10.6. The van der Waals surface area contributed by atoms with E-state index in [2.05, 4.69) is 43.7 Å². The van der Waals surface area contributed by atoms with Crippen molar-refractivity contribution in [3.63, 3.8) is 0 Å². The molecule has 4 nitrogen and oxygen atoms in total. The van der Waals surface area contributed by atoms with E-state index < -0.39 is 0 Å². The summed E-state index contributed by atoms with van der Waals surface area (Å²) in [4.78, 5) is 9.76. The molecule has 0 amide bonds. The van der Waals surface area contributed by atoms with Gasteiger partial charge in [0.05, 0.1) is 17.2 Å². The number of fused-ring (bicyclic) bond motifs is 1. The van der Waals surface area contributed by atoms with Gasteiger partial charge in [-0.1, -0.05) is 0 Å². The average molecular weight is 296 g/mol. The number of aromatic nitrogens is 3. The van der Waals surface area contributed by atoms with E-state index in [1.165, 1.54) is 18.5 Å². The van der Waals surface area contributed by atoms with Gasteiger partial charge in [-0.05, 0) is 55.4 Å². The third-order valence-electron chi connectivity index (χ3n) is 4.06. The summed E-state index contributed by atoms with van der Waals surface area (Å²) in [6.07, 6.45) is 6.19. The first-order valence-corrected chi connectivity index (χ1v) is 7.64. The number of anilines is 1. The number of nitrogens with zero attached hydrogens (tertiary/aromatic N) is 3. The zero-order valence-electron chi connectivity index (χ0n) is 11.6. The second kappa shape index (κ2) is 5.00. The topological polar surface area (TPSA) is 36.9 Å². The Hall–Kier alpha value is -2.14. The van der Waals surface area contributed by atoms with Crippen LogP contribution in [0.1, 0.15) is 12.8 Å². The van der Waals surface area contributed by atoms with E-state index in [9.17, 15) is 0 Å². The van der Waals surface area contributed by atoms with E-state index >= 15 is 0 Å². The third kappa shape index (κ3) is 2.14. The monoisotopic (exact) mass is 296 g/mol. The van der Waals surface area contributed by atoms with Crippen LogP contribution in [0.4, 0.5) is 5.69 Å². The van der Waals surface area contributed by atoms with Crippen LogP contribution >= 0.6 is 12.2 Å². The number of nitrogens with one attached hydrogen (secondary N) is 1. The molecule has 0 radical (unpaired) electrons. The van der Waals surface area contributed by atoms with Crippen molar-refractivity contribution in [2.45, 2.75) is 12.8 Å². The molecule has 1 fully saturated rings. The minimum atomic E-state index is 0.701. The molecule has 106 valence electrons. The van der Waals surface area contributed by atoms with Crippen molar-refractivity contribution in [3.05, 3.63) is 47.5 Å². The van der Waals surface area contributed by atoms with Crippen molar-refractivity contribution in [1.82, 2.24) is 14.5 Å². The number of imidazole rings is 1. The Morgan fingerprint density at radius 2 is 1.71 bits per heavy atom. The molecule has 1 N–H and O–H groups in total. The van der Waals surface area contributed by atoms with Crippen LogP contribution in [-0.4, -0.2) is 27.6 Å². The molecule has 1 saturated heterocycles. The molecule has 4 rings (SSSR count). The molecule has 0 aliphatic carbocycles. The van der Waals surface area contributed by atoms with Crippen molar-refractivity contribution in [2.75, 3.05) is 18.0 Å². The highest BCUT2D eigenvalue weighted by atomic mass is 32.1. The molecule has 2 aromatic heterocycles. The molecule has 0 spiro atoms. The van der Waals surface area contributed by atoms with Crippen molar-refractivity contribution in [1.29, 1.82) is 0 Å². The minimum Gasteiger partial charge on any atom is -0.372 e. The second-order valence-electron chi connectivity index (χ2n) is 5.37. The maximum atomic E-state index is 5.44. The summed E-state index contributed by atoms with van der Waals surface area (Å²) in [5.41, 5.74) is 4.40. The smallest absolute Gasteiger partial charge is 0.182 e. The lowest BCUT2D eigenvalue weighted by Gasteiger charge is -2.17. The van der Waals surface area contributed by atoms with Gasteiger partial charge in [0.2, 0.25) is 0 Å². The molecule has 1 aliphatic heterocycles. The third-order valence-corrected chi connectivity index (χ3v) is 4.35. The van der Waals surface area contributed by atoms with Crippen molar-refractivity contribution in [3.8, 4) is 5.69 Å². The number of hydrogen-bond acceptors (Lipinski definition) is 3. The van der Waals surface area contributed by atoms with Gasteiger partial charge in [-0.2, -0.15) is 0 Å². The predicted octanol–water partition coefficient (Wildman–Crippen LogP) is 3.68. The lowest BCUT2D eigenvalue weighted by atomic mass is 10.2. The molecule has 0 atom stereocenters. The van der Waals surface area contributed by atoms with Crippen LogP contribution in [0.3, 0.4) is 0 Å². The molecule has 5 heteroatoms. The average Bonchev–Trinajstić information content (AvgIpc) is 3.14. The van der Waals surface area contributed by atoms with Gasteiger partial charge in [0.15, 0.2) is 4.77 Å². The highest BCUT2D eigenvalue weighted by Crippen LogP contribution is 2.24. The Balaban J connectivity index is 1.78. The first kappa shape index (κ1) is 12.6. The predicted molar refractivity (Wildman–Crippen MR) is 87.7 cm³/mol. The Labute approximate surface area is 128 Å². The van der Waals surface area contributed by atoms with Crippen LogP contribution in [0.25, 0.3) is 16.7 Å².